The lowest BCUT2D eigenvalue weighted by molar-refractivity contribution is 0.139. The molecule has 0 saturated carbocycles. The summed E-state index contributed by atoms with van der Waals surface area (Å²) in [6, 6.07) is 4.75. The Morgan fingerprint density at radius 2 is 2.19 bits per heavy atom. The van der Waals surface area contributed by atoms with Crippen molar-refractivity contribution < 1.29 is 4.74 Å². The van der Waals surface area contributed by atoms with Gasteiger partial charge in [-0.05, 0) is 56.3 Å². The Bertz CT molecular complexity index is 416. The molecule has 21 heavy (non-hydrogen) atoms. The number of methoxy groups -OCH3 is 1. The summed E-state index contributed by atoms with van der Waals surface area (Å²) in [4.78, 5) is 6.97. The number of anilines is 1. The van der Waals surface area contributed by atoms with Gasteiger partial charge in [0.2, 0.25) is 0 Å². The molecule has 118 valence electrons. The first-order valence-electron chi connectivity index (χ1n) is 8.17. The zero-order chi connectivity index (χ0) is 15.1. The maximum Gasteiger partial charge on any atom is 0.128 e. The quantitative estimate of drug-likeness (QED) is 0.838. The number of aromatic nitrogens is 1. The number of nitrogens with zero attached hydrogens (tertiary/aromatic N) is 2. The molecule has 0 aliphatic carbocycles. The second kappa shape index (κ2) is 8.35. The van der Waals surface area contributed by atoms with Crippen LogP contribution >= 0.6 is 0 Å². The molecule has 4 heteroatoms. The van der Waals surface area contributed by atoms with Crippen molar-refractivity contribution in [1.29, 1.82) is 0 Å². The van der Waals surface area contributed by atoms with Crippen LogP contribution in [0.1, 0.15) is 44.7 Å². The molecule has 1 fully saturated rings. The van der Waals surface area contributed by atoms with E-state index in [1.165, 1.54) is 18.4 Å². The minimum atomic E-state index is 0.387. The topological polar surface area (TPSA) is 37.4 Å². The van der Waals surface area contributed by atoms with E-state index in [4.69, 9.17) is 4.74 Å². The molecule has 1 unspecified atom stereocenters. The Balaban J connectivity index is 1.95. The van der Waals surface area contributed by atoms with E-state index in [0.717, 1.165) is 38.5 Å². The maximum atomic E-state index is 5.27. The van der Waals surface area contributed by atoms with Crippen LogP contribution in [0.15, 0.2) is 18.3 Å². The van der Waals surface area contributed by atoms with Crippen molar-refractivity contribution in [1.82, 2.24) is 10.3 Å². The second-order valence-electron chi connectivity index (χ2n) is 6.01. The van der Waals surface area contributed by atoms with E-state index in [1.807, 2.05) is 6.20 Å². The largest absolute Gasteiger partial charge is 0.384 e. The van der Waals surface area contributed by atoms with Gasteiger partial charge >= 0.3 is 0 Å². The highest BCUT2D eigenvalue weighted by Gasteiger charge is 2.20. The van der Waals surface area contributed by atoms with Crippen LogP contribution in [0.4, 0.5) is 5.82 Å². The average molecular weight is 291 g/mol. The molecule has 0 amide bonds. The molecule has 1 aliphatic heterocycles. The maximum absolute atomic E-state index is 5.27. The summed E-state index contributed by atoms with van der Waals surface area (Å²) in [5.74, 6) is 1.83. The predicted molar refractivity (Wildman–Crippen MR) is 87.8 cm³/mol. The molecule has 2 heterocycles. The number of pyridine rings is 1. The third kappa shape index (κ3) is 4.68. The van der Waals surface area contributed by atoms with Crippen LogP contribution in [0.2, 0.25) is 0 Å². The van der Waals surface area contributed by atoms with Crippen LogP contribution in [-0.4, -0.2) is 38.3 Å². The lowest BCUT2D eigenvalue weighted by Gasteiger charge is -2.32. The van der Waals surface area contributed by atoms with E-state index in [9.17, 15) is 0 Å². The summed E-state index contributed by atoms with van der Waals surface area (Å²) in [6.07, 6.45) is 5.50. The molecule has 4 nitrogen and oxygen atoms in total. The zero-order valence-electron chi connectivity index (χ0n) is 13.6. The SMILES string of the molecule is CCCNC(C)c1ccnc(N2CCC(COC)CC2)c1. The van der Waals surface area contributed by atoms with Gasteiger partial charge in [-0.25, -0.2) is 4.98 Å². The first-order chi connectivity index (χ1) is 10.2. The van der Waals surface area contributed by atoms with Crippen molar-refractivity contribution in [3.05, 3.63) is 23.9 Å². The van der Waals surface area contributed by atoms with Crippen LogP contribution in [0.5, 0.6) is 0 Å². The van der Waals surface area contributed by atoms with Crippen molar-refractivity contribution >= 4 is 5.82 Å². The van der Waals surface area contributed by atoms with Crippen molar-refractivity contribution in [2.45, 2.75) is 39.2 Å². The van der Waals surface area contributed by atoms with Crippen molar-refractivity contribution in [2.75, 3.05) is 38.3 Å². The molecule has 1 aromatic heterocycles. The molecule has 1 atom stereocenters. The molecule has 0 spiro atoms. The molecule has 0 radical (unpaired) electrons. The molecule has 1 saturated heterocycles. The molecule has 0 aromatic carbocycles. The highest BCUT2D eigenvalue weighted by atomic mass is 16.5. The lowest BCUT2D eigenvalue weighted by atomic mass is 9.97. The van der Waals surface area contributed by atoms with Gasteiger partial charge in [-0.15, -0.1) is 0 Å². The molecule has 2 rings (SSSR count). The Labute approximate surface area is 128 Å². The summed E-state index contributed by atoms with van der Waals surface area (Å²) in [6.45, 7) is 8.53. The number of hydrogen-bond acceptors (Lipinski definition) is 4. The van der Waals surface area contributed by atoms with Gasteiger partial charge in [0.15, 0.2) is 0 Å². The van der Waals surface area contributed by atoms with Crippen molar-refractivity contribution in [3.63, 3.8) is 0 Å². The predicted octanol–water partition coefficient (Wildman–Crippen LogP) is 3.01. The third-order valence-electron chi connectivity index (χ3n) is 4.31. The fraction of sp³-hybridized carbons (Fsp3) is 0.706. The van der Waals surface area contributed by atoms with Gasteiger partial charge in [-0.1, -0.05) is 6.92 Å². The van der Waals surface area contributed by atoms with Crippen LogP contribution in [0, 0.1) is 5.92 Å². The number of hydrogen-bond donors (Lipinski definition) is 1. The standard InChI is InChI=1S/C17H29N3O/c1-4-8-18-14(2)16-5-9-19-17(12-16)20-10-6-15(7-11-20)13-21-3/h5,9,12,14-15,18H,4,6-8,10-11,13H2,1-3H3. The Kier molecular flexibility index (Phi) is 6.46. The molecular weight excluding hydrogens is 262 g/mol. The number of nitrogens with one attached hydrogen (secondary N) is 1. The first kappa shape index (κ1) is 16.2. The summed E-state index contributed by atoms with van der Waals surface area (Å²) in [5, 5.41) is 3.54. The van der Waals surface area contributed by atoms with E-state index in [0.29, 0.717) is 12.0 Å². The molecule has 1 N–H and O–H groups in total. The van der Waals surface area contributed by atoms with Gasteiger partial charge in [-0.2, -0.15) is 0 Å². The smallest absolute Gasteiger partial charge is 0.128 e. The van der Waals surface area contributed by atoms with Crippen LogP contribution in [-0.2, 0) is 4.74 Å². The molecule has 0 bridgehead atoms. The van der Waals surface area contributed by atoms with Gasteiger partial charge in [-0.3, -0.25) is 0 Å². The molecule has 1 aliphatic rings. The zero-order valence-corrected chi connectivity index (χ0v) is 13.6. The lowest BCUT2D eigenvalue weighted by Crippen LogP contribution is -2.35. The summed E-state index contributed by atoms with van der Waals surface area (Å²) >= 11 is 0. The Morgan fingerprint density at radius 1 is 1.43 bits per heavy atom. The fourth-order valence-corrected chi connectivity index (χ4v) is 2.92. The van der Waals surface area contributed by atoms with Gasteiger partial charge in [0.1, 0.15) is 5.82 Å². The van der Waals surface area contributed by atoms with Gasteiger partial charge in [0, 0.05) is 39.0 Å². The minimum Gasteiger partial charge on any atom is -0.384 e. The fourth-order valence-electron chi connectivity index (χ4n) is 2.92. The van der Waals surface area contributed by atoms with E-state index in [2.05, 4.69) is 41.2 Å². The highest BCUT2D eigenvalue weighted by Crippen LogP contribution is 2.24. The summed E-state index contributed by atoms with van der Waals surface area (Å²) in [5.41, 5.74) is 1.33. The second-order valence-corrected chi connectivity index (χ2v) is 6.01. The van der Waals surface area contributed by atoms with Crippen LogP contribution < -0.4 is 10.2 Å². The summed E-state index contributed by atoms with van der Waals surface area (Å²) in [7, 11) is 1.79. The van der Waals surface area contributed by atoms with E-state index >= 15 is 0 Å². The normalized spacial score (nSPS) is 18.0. The Morgan fingerprint density at radius 3 is 2.86 bits per heavy atom. The monoisotopic (exact) mass is 291 g/mol. The van der Waals surface area contributed by atoms with Crippen LogP contribution in [0.3, 0.4) is 0 Å². The van der Waals surface area contributed by atoms with E-state index in [1.54, 1.807) is 7.11 Å². The minimum absolute atomic E-state index is 0.387. The van der Waals surface area contributed by atoms with Gasteiger partial charge in [0.05, 0.1) is 0 Å². The molecular formula is C17H29N3O. The molecule has 1 aromatic rings. The van der Waals surface area contributed by atoms with E-state index < -0.39 is 0 Å². The number of rotatable bonds is 7. The Hall–Kier alpha value is -1.13. The van der Waals surface area contributed by atoms with Crippen LogP contribution in [0.25, 0.3) is 0 Å². The number of piperidine rings is 1. The average Bonchev–Trinajstić information content (AvgIpc) is 2.54. The highest BCUT2D eigenvalue weighted by molar-refractivity contribution is 5.42. The first-order valence-corrected chi connectivity index (χ1v) is 8.17. The van der Waals surface area contributed by atoms with E-state index in [-0.39, 0.29) is 0 Å². The number of ether oxygens (including phenoxy) is 1. The van der Waals surface area contributed by atoms with Gasteiger partial charge < -0.3 is 15.0 Å². The third-order valence-corrected chi connectivity index (χ3v) is 4.31. The van der Waals surface area contributed by atoms with Crippen molar-refractivity contribution in [3.8, 4) is 0 Å². The van der Waals surface area contributed by atoms with Crippen molar-refractivity contribution in [2.24, 2.45) is 5.92 Å². The summed E-state index contributed by atoms with van der Waals surface area (Å²) < 4.78 is 5.27. The van der Waals surface area contributed by atoms with Gasteiger partial charge in [0.25, 0.3) is 0 Å².